The lowest BCUT2D eigenvalue weighted by atomic mass is 10.1. The number of hydrogen-bond donors (Lipinski definition) is 0. The van der Waals surface area contributed by atoms with Crippen molar-refractivity contribution in [2.24, 2.45) is 4.99 Å². The molecule has 0 aliphatic heterocycles. The Morgan fingerprint density at radius 2 is 1.61 bits per heavy atom. The van der Waals surface area contributed by atoms with Gasteiger partial charge in [0.25, 0.3) is 5.69 Å². The monoisotopic (exact) mass is 368 g/mol. The SMILES string of the molecule is O=[N+]([O-])c1cccc(C=Nc2cc(-c3ccccc3)nn2-c2ccccc2)c1. The van der Waals surface area contributed by atoms with Gasteiger partial charge in [-0.2, -0.15) is 5.10 Å². The number of aromatic nitrogens is 2. The summed E-state index contributed by atoms with van der Waals surface area (Å²) in [5, 5.41) is 15.7. The third-order valence-corrected chi connectivity index (χ3v) is 4.19. The standard InChI is InChI=1S/C22H16N4O2/c27-26(28)20-13-7-8-17(14-20)16-23-22-15-21(18-9-3-1-4-10-18)24-25(22)19-11-5-2-6-12-19/h1-16H. The number of para-hydroxylation sites is 1. The Balaban J connectivity index is 1.76. The molecule has 0 bridgehead atoms. The number of nitro benzene ring substituents is 1. The molecule has 0 spiro atoms. The molecule has 0 aliphatic rings. The first kappa shape index (κ1) is 17.4. The molecular weight excluding hydrogens is 352 g/mol. The van der Waals surface area contributed by atoms with E-state index < -0.39 is 4.92 Å². The fraction of sp³-hybridized carbons (Fsp3) is 0. The highest BCUT2D eigenvalue weighted by atomic mass is 16.6. The van der Waals surface area contributed by atoms with E-state index in [1.165, 1.54) is 12.1 Å². The Bertz CT molecular complexity index is 1140. The third kappa shape index (κ3) is 3.71. The molecule has 4 aromatic rings. The summed E-state index contributed by atoms with van der Waals surface area (Å²) in [6.07, 6.45) is 1.61. The number of rotatable bonds is 5. The maximum absolute atomic E-state index is 11.0. The molecule has 6 nitrogen and oxygen atoms in total. The molecule has 3 aromatic carbocycles. The molecule has 0 radical (unpaired) electrons. The van der Waals surface area contributed by atoms with Crippen LogP contribution in [0.1, 0.15) is 5.56 Å². The van der Waals surface area contributed by atoms with Gasteiger partial charge in [-0.25, -0.2) is 9.67 Å². The minimum atomic E-state index is -0.418. The quantitative estimate of drug-likeness (QED) is 0.276. The van der Waals surface area contributed by atoms with E-state index in [0.29, 0.717) is 11.4 Å². The average molecular weight is 368 g/mol. The first-order valence-corrected chi connectivity index (χ1v) is 8.70. The fourth-order valence-electron chi connectivity index (χ4n) is 2.83. The van der Waals surface area contributed by atoms with Crippen LogP contribution in [-0.4, -0.2) is 20.9 Å². The van der Waals surface area contributed by atoms with Crippen molar-refractivity contribution in [1.82, 2.24) is 9.78 Å². The topological polar surface area (TPSA) is 73.3 Å². The van der Waals surface area contributed by atoms with E-state index in [-0.39, 0.29) is 5.69 Å². The molecule has 0 saturated heterocycles. The van der Waals surface area contributed by atoms with Crippen LogP contribution < -0.4 is 0 Å². The van der Waals surface area contributed by atoms with Crippen LogP contribution >= 0.6 is 0 Å². The lowest BCUT2D eigenvalue weighted by Gasteiger charge is -2.03. The lowest BCUT2D eigenvalue weighted by Crippen LogP contribution is -1.96. The number of benzene rings is 3. The maximum Gasteiger partial charge on any atom is 0.270 e. The lowest BCUT2D eigenvalue weighted by molar-refractivity contribution is -0.384. The molecule has 136 valence electrons. The predicted molar refractivity (Wildman–Crippen MR) is 109 cm³/mol. The zero-order valence-electron chi connectivity index (χ0n) is 14.8. The molecule has 0 fully saturated rings. The van der Waals surface area contributed by atoms with Crippen LogP contribution in [0.5, 0.6) is 0 Å². The van der Waals surface area contributed by atoms with Crippen molar-refractivity contribution in [3.05, 3.63) is 107 Å². The van der Waals surface area contributed by atoms with Gasteiger partial charge in [0.05, 0.1) is 16.3 Å². The molecule has 0 unspecified atom stereocenters. The minimum Gasteiger partial charge on any atom is -0.258 e. The molecule has 1 heterocycles. The molecule has 28 heavy (non-hydrogen) atoms. The van der Waals surface area contributed by atoms with Crippen LogP contribution in [0.2, 0.25) is 0 Å². The summed E-state index contributed by atoms with van der Waals surface area (Å²) in [5.74, 6) is 0.636. The molecule has 1 aromatic heterocycles. The second-order valence-corrected chi connectivity index (χ2v) is 6.11. The van der Waals surface area contributed by atoms with Crippen LogP contribution in [0, 0.1) is 10.1 Å². The van der Waals surface area contributed by atoms with Crippen molar-refractivity contribution in [3.8, 4) is 16.9 Å². The van der Waals surface area contributed by atoms with Gasteiger partial charge in [-0.15, -0.1) is 0 Å². The Hall–Kier alpha value is -4.06. The van der Waals surface area contributed by atoms with Gasteiger partial charge in [0.15, 0.2) is 5.82 Å². The molecule has 0 saturated carbocycles. The maximum atomic E-state index is 11.0. The normalized spacial score (nSPS) is 11.0. The van der Waals surface area contributed by atoms with Crippen molar-refractivity contribution in [2.75, 3.05) is 0 Å². The molecule has 0 amide bonds. The van der Waals surface area contributed by atoms with E-state index in [1.807, 2.05) is 66.7 Å². The first-order valence-electron chi connectivity index (χ1n) is 8.70. The number of non-ortho nitro benzene ring substituents is 1. The summed E-state index contributed by atoms with van der Waals surface area (Å²) in [4.78, 5) is 15.1. The van der Waals surface area contributed by atoms with Gasteiger partial charge in [0, 0.05) is 30.0 Å². The highest BCUT2D eigenvalue weighted by Gasteiger charge is 2.10. The zero-order valence-corrected chi connectivity index (χ0v) is 14.8. The largest absolute Gasteiger partial charge is 0.270 e. The van der Waals surface area contributed by atoms with Gasteiger partial charge in [-0.1, -0.05) is 60.7 Å². The van der Waals surface area contributed by atoms with E-state index in [4.69, 9.17) is 5.10 Å². The van der Waals surface area contributed by atoms with Crippen molar-refractivity contribution in [2.45, 2.75) is 0 Å². The number of nitro groups is 1. The summed E-state index contributed by atoms with van der Waals surface area (Å²) >= 11 is 0. The second-order valence-electron chi connectivity index (χ2n) is 6.11. The Labute approximate surface area is 161 Å². The Morgan fingerprint density at radius 3 is 2.32 bits per heavy atom. The van der Waals surface area contributed by atoms with Crippen molar-refractivity contribution >= 4 is 17.7 Å². The Kier molecular flexibility index (Phi) is 4.76. The average Bonchev–Trinajstić information content (AvgIpc) is 3.18. The van der Waals surface area contributed by atoms with Crippen LogP contribution in [0.15, 0.2) is 96.0 Å². The highest BCUT2D eigenvalue weighted by molar-refractivity contribution is 5.83. The molecule has 4 rings (SSSR count). The Morgan fingerprint density at radius 1 is 0.893 bits per heavy atom. The van der Waals surface area contributed by atoms with Crippen LogP contribution in [0.4, 0.5) is 11.5 Å². The predicted octanol–water partition coefficient (Wildman–Crippen LogP) is 5.20. The van der Waals surface area contributed by atoms with Crippen molar-refractivity contribution < 1.29 is 4.92 Å². The minimum absolute atomic E-state index is 0.0329. The second kappa shape index (κ2) is 7.67. The zero-order chi connectivity index (χ0) is 19.3. The van der Waals surface area contributed by atoms with Gasteiger partial charge in [-0.3, -0.25) is 10.1 Å². The van der Waals surface area contributed by atoms with Gasteiger partial charge < -0.3 is 0 Å². The molecular formula is C22H16N4O2. The van der Waals surface area contributed by atoms with E-state index in [0.717, 1.165) is 16.9 Å². The van der Waals surface area contributed by atoms with Crippen molar-refractivity contribution in [1.29, 1.82) is 0 Å². The number of aliphatic imine (C=N–C) groups is 1. The smallest absolute Gasteiger partial charge is 0.258 e. The third-order valence-electron chi connectivity index (χ3n) is 4.19. The first-order chi connectivity index (χ1) is 13.7. The summed E-state index contributed by atoms with van der Waals surface area (Å²) in [5.41, 5.74) is 3.36. The number of hydrogen-bond acceptors (Lipinski definition) is 4. The number of nitrogens with zero attached hydrogens (tertiary/aromatic N) is 4. The molecule has 0 N–H and O–H groups in total. The fourth-order valence-corrected chi connectivity index (χ4v) is 2.83. The van der Waals surface area contributed by atoms with E-state index in [2.05, 4.69) is 4.99 Å². The van der Waals surface area contributed by atoms with Crippen molar-refractivity contribution in [3.63, 3.8) is 0 Å². The van der Waals surface area contributed by atoms with Crippen LogP contribution in [0.25, 0.3) is 16.9 Å². The van der Waals surface area contributed by atoms with E-state index in [9.17, 15) is 10.1 Å². The summed E-state index contributed by atoms with van der Waals surface area (Å²) in [6, 6.07) is 27.9. The summed E-state index contributed by atoms with van der Waals surface area (Å²) in [6.45, 7) is 0. The highest BCUT2D eigenvalue weighted by Crippen LogP contribution is 2.26. The summed E-state index contributed by atoms with van der Waals surface area (Å²) < 4.78 is 1.76. The van der Waals surface area contributed by atoms with Crippen LogP contribution in [0.3, 0.4) is 0 Å². The molecule has 0 aliphatic carbocycles. The van der Waals surface area contributed by atoms with Gasteiger partial charge in [-0.05, 0) is 17.7 Å². The summed E-state index contributed by atoms with van der Waals surface area (Å²) in [7, 11) is 0. The van der Waals surface area contributed by atoms with Gasteiger partial charge in [0.2, 0.25) is 0 Å². The van der Waals surface area contributed by atoms with E-state index in [1.54, 1.807) is 23.0 Å². The van der Waals surface area contributed by atoms with Gasteiger partial charge in [0.1, 0.15) is 0 Å². The van der Waals surface area contributed by atoms with Gasteiger partial charge >= 0.3 is 0 Å². The van der Waals surface area contributed by atoms with Crippen LogP contribution in [-0.2, 0) is 0 Å². The molecule has 0 atom stereocenters. The molecule has 6 heteroatoms. The van der Waals surface area contributed by atoms with E-state index >= 15 is 0 Å².